The molecule has 1 aliphatic rings. The zero-order valence-corrected chi connectivity index (χ0v) is 9.73. The van der Waals surface area contributed by atoms with Gasteiger partial charge in [-0.05, 0) is 26.2 Å². The minimum atomic E-state index is 0.297. The Balaban J connectivity index is 1.96. The van der Waals surface area contributed by atoms with Gasteiger partial charge in [-0.3, -0.25) is 0 Å². The Morgan fingerprint density at radius 2 is 2.35 bits per heavy atom. The molecule has 17 heavy (non-hydrogen) atoms. The number of ether oxygens (including phenoxy) is 1. The summed E-state index contributed by atoms with van der Waals surface area (Å²) >= 11 is 0. The number of nitrogens with zero attached hydrogens (tertiary/aromatic N) is 3. The van der Waals surface area contributed by atoms with Gasteiger partial charge in [-0.2, -0.15) is 9.97 Å². The van der Waals surface area contributed by atoms with E-state index < -0.39 is 0 Å². The monoisotopic (exact) mass is 233 g/mol. The van der Waals surface area contributed by atoms with Crippen molar-refractivity contribution in [2.24, 2.45) is 0 Å². The molecule has 2 aromatic heterocycles. The molecule has 0 amide bonds. The highest BCUT2D eigenvalue weighted by Gasteiger charge is 2.22. The van der Waals surface area contributed by atoms with E-state index in [0.29, 0.717) is 23.6 Å². The molecule has 0 aromatic carbocycles. The molecule has 1 saturated carbocycles. The maximum absolute atomic E-state index is 5.85. The molecule has 0 radical (unpaired) electrons. The second-order valence-corrected chi connectivity index (χ2v) is 4.15. The number of rotatable bonds is 4. The summed E-state index contributed by atoms with van der Waals surface area (Å²) in [6.07, 6.45) is 5.36. The number of fused-ring (bicyclic) bond motifs is 1. The van der Waals surface area contributed by atoms with E-state index in [9.17, 15) is 0 Å². The standard InChI is InChI=1S/C11H15N5O/c1-2-12-11-15-9-8(13-6-14-9)10(16-11)17-7-4-3-5-7/h6-7H,2-5H2,1H3,(H2,12,13,14,15,16). The average Bonchev–Trinajstić information content (AvgIpc) is 2.71. The first-order chi connectivity index (χ1) is 8.36. The summed E-state index contributed by atoms with van der Waals surface area (Å²) in [4.78, 5) is 15.8. The Hall–Kier alpha value is -1.85. The van der Waals surface area contributed by atoms with Gasteiger partial charge in [-0.25, -0.2) is 4.98 Å². The van der Waals surface area contributed by atoms with Crippen LogP contribution >= 0.6 is 0 Å². The molecule has 0 unspecified atom stereocenters. The lowest BCUT2D eigenvalue weighted by molar-refractivity contribution is 0.116. The Morgan fingerprint density at radius 1 is 1.47 bits per heavy atom. The minimum Gasteiger partial charge on any atom is -0.473 e. The Kier molecular flexibility index (Phi) is 2.55. The topological polar surface area (TPSA) is 75.7 Å². The number of nitrogens with one attached hydrogen (secondary N) is 2. The average molecular weight is 233 g/mol. The molecule has 2 aromatic rings. The molecule has 0 saturated heterocycles. The molecule has 0 atom stereocenters. The quantitative estimate of drug-likeness (QED) is 0.840. The minimum absolute atomic E-state index is 0.297. The van der Waals surface area contributed by atoms with E-state index >= 15 is 0 Å². The van der Waals surface area contributed by atoms with Crippen LogP contribution in [-0.2, 0) is 0 Å². The van der Waals surface area contributed by atoms with E-state index in [1.807, 2.05) is 6.92 Å². The lowest BCUT2D eigenvalue weighted by Crippen LogP contribution is -2.25. The van der Waals surface area contributed by atoms with E-state index in [-0.39, 0.29) is 0 Å². The van der Waals surface area contributed by atoms with Crippen LogP contribution in [-0.4, -0.2) is 32.6 Å². The predicted octanol–water partition coefficient (Wildman–Crippen LogP) is 1.72. The maximum atomic E-state index is 5.85. The fraction of sp³-hybridized carbons (Fsp3) is 0.545. The smallest absolute Gasteiger partial charge is 0.245 e. The van der Waals surface area contributed by atoms with E-state index in [0.717, 1.165) is 24.9 Å². The van der Waals surface area contributed by atoms with Crippen LogP contribution in [0.5, 0.6) is 5.88 Å². The predicted molar refractivity (Wildman–Crippen MR) is 64.1 cm³/mol. The van der Waals surface area contributed by atoms with E-state index in [4.69, 9.17) is 4.74 Å². The maximum Gasteiger partial charge on any atom is 0.245 e. The number of anilines is 1. The van der Waals surface area contributed by atoms with E-state index in [1.165, 1.54) is 6.42 Å². The van der Waals surface area contributed by atoms with Crippen molar-refractivity contribution in [1.82, 2.24) is 19.9 Å². The van der Waals surface area contributed by atoms with Crippen molar-refractivity contribution >= 4 is 17.1 Å². The van der Waals surface area contributed by atoms with Crippen molar-refractivity contribution in [3.05, 3.63) is 6.33 Å². The molecule has 2 N–H and O–H groups in total. The molecule has 90 valence electrons. The van der Waals surface area contributed by atoms with Gasteiger partial charge in [0, 0.05) is 6.54 Å². The molecule has 0 bridgehead atoms. The van der Waals surface area contributed by atoms with E-state index in [1.54, 1.807) is 6.33 Å². The second-order valence-electron chi connectivity index (χ2n) is 4.15. The first kappa shape index (κ1) is 10.3. The number of hydrogen-bond donors (Lipinski definition) is 2. The highest BCUT2D eigenvalue weighted by Crippen LogP contribution is 2.28. The molecule has 1 aliphatic carbocycles. The SMILES string of the molecule is CCNc1nc(OC2CCC2)c2[nH]cnc2n1. The fourth-order valence-electron chi connectivity index (χ4n) is 1.78. The first-order valence-electron chi connectivity index (χ1n) is 5.98. The molecule has 2 heterocycles. The Labute approximate surface area is 98.8 Å². The Morgan fingerprint density at radius 3 is 3.06 bits per heavy atom. The van der Waals surface area contributed by atoms with Crippen molar-refractivity contribution in [3.8, 4) is 5.88 Å². The lowest BCUT2D eigenvalue weighted by Gasteiger charge is -2.25. The van der Waals surface area contributed by atoms with Gasteiger partial charge in [0.05, 0.1) is 6.33 Å². The zero-order valence-electron chi connectivity index (χ0n) is 9.73. The summed E-state index contributed by atoms with van der Waals surface area (Å²) in [5.74, 6) is 1.18. The third-order valence-electron chi connectivity index (χ3n) is 2.92. The molecule has 3 rings (SSSR count). The fourth-order valence-corrected chi connectivity index (χ4v) is 1.78. The normalized spacial score (nSPS) is 15.8. The highest BCUT2D eigenvalue weighted by molar-refractivity contribution is 5.76. The zero-order chi connectivity index (χ0) is 11.7. The molecular weight excluding hydrogens is 218 g/mol. The summed E-state index contributed by atoms with van der Waals surface area (Å²) in [7, 11) is 0. The molecule has 6 heteroatoms. The van der Waals surface area contributed by atoms with Gasteiger partial charge in [-0.1, -0.05) is 0 Å². The Bertz CT molecular complexity index is 520. The number of aromatic nitrogens is 4. The van der Waals surface area contributed by atoms with Crippen LogP contribution in [0.3, 0.4) is 0 Å². The summed E-state index contributed by atoms with van der Waals surface area (Å²) < 4.78 is 5.85. The number of aromatic amines is 1. The first-order valence-corrected chi connectivity index (χ1v) is 5.98. The summed E-state index contributed by atoms with van der Waals surface area (Å²) in [6.45, 7) is 2.78. The van der Waals surface area contributed by atoms with Crippen LogP contribution < -0.4 is 10.1 Å². The third kappa shape index (κ3) is 1.90. The van der Waals surface area contributed by atoms with Gasteiger partial charge in [0.15, 0.2) is 5.65 Å². The third-order valence-corrected chi connectivity index (χ3v) is 2.92. The van der Waals surface area contributed by atoms with Crippen LogP contribution in [0.1, 0.15) is 26.2 Å². The van der Waals surface area contributed by atoms with Crippen molar-refractivity contribution in [2.75, 3.05) is 11.9 Å². The van der Waals surface area contributed by atoms with Gasteiger partial charge >= 0.3 is 0 Å². The largest absolute Gasteiger partial charge is 0.473 e. The van der Waals surface area contributed by atoms with Crippen molar-refractivity contribution < 1.29 is 4.74 Å². The number of imidazole rings is 1. The second kappa shape index (κ2) is 4.20. The summed E-state index contributed by atoms with van der Waals surface area (Å²) in [6, 6.07) is 0. The molecule has 0 aliphatic heterocycles. The van der Waals surface area contributed by atoms with Crippen molar-refractivity contribution in [2.45, 2.75) is 32.3 Å². The van der Waals surface area contributed by atoms with Gasteiger partial charge in [0.2, 0.25) is 11.8 Å². The van der Waals surface area contributed by atoms with Crippen LogP contribution in [0.2, 0.25) is 0 Å². The van der Waals surface area contributed by atoms with Crippen LogP contribution in [0.4, 0.5) is 5.95 Å². The van der Waals surface area contributed by atoms with Crippen molar-refractivity contribution in [1.29, 1.82) is 0 Å². The number of hydrogen-bond acceptors (Lipinski definition) is 5. The van der Waals surface area contributed by atoms with Crippen molar-refractivity contribution in [3.63, 3.8) is 0 Å². The molecule has 6 nitrogen and oxygen atoms in total. The van der Waals surface area contributed by atoms with Crippen LogP contribution in [0, 0.1) is 0 Å². The highest BCUT2D eigenvalue weighted by atomic mass is 16.5. The van der Waals surface area contributed by atoms with Gasteiger partial charge in [0.1, 0.15) is 11.6 Å². The number of H-pyrrole nitrogens is 1. The molecular formula is C11H15N5O. The van der Waals surface area contributed by atoms with Crippen LogP contribution in [0.15, 0.2) is 6.33 Å². The van der Waals surface area contributed by atoms with Gasteiger partial charge in [-0.15, -0.1) is 0 Å². The summed E-state index contributed by atoms with van der Waals surface area (Å²) in [5.41, 5.74) is 1.42. The van der Waals surface area contributed by atoms with Gasteiger partial charge in [0.25, 0.3) is 0 Å². The van der Waals surface area contributed by atoms with Crippen LogP contribution in [0.25, 0.3) is 11.2 Å². The molecule has 1 fully saturated rings. The lowest BCUT2D eigenvalue weighted by atomic mass is 9.96. The van der Waals surface area contributed by atoms with E-state index in [2.05, 4.69) is 25.3 Å². The molecule has 0 spiro atoms. The summed E-state index contributed by atoms with van der Waals surface area (Å²) in [5, 5.41) is 3.08. The van der Waals surface area contributed by atoms with Gasteiger partial charge < -0.3 is 15.0 Å².